The third kappa shape index (κ3) is 2.41. The highest BCUT2D eigenvalue weighted by molar-refractivity contribution is 5.96. The van der Waals surface area contributed by atoms with Crippen molar-refractivity contribution in [3.63, 3.8) is 0 Å². The fourth-order valence-electron chi connectivity index (χ4n) is 0.953. The summed E-state index contributed by atoms with van der Waals surface area (Å²) >= 11 is 0. The smallest absolute Gasteiger partial charge is 0.248 e. The second-order valence-corrected chi connectivity index (χ2v) is 2.40. The maximum absolute atomic E-state index is 10.9. The molecular weight excluding hydrogens is 168 g/mol. The molecule has 1 aromatic rings. The molecule has 0 saturated heterocycles. The van der Waals surface area contributed by atoms with E-state index in [2.05, 4.69) is 15.4 Å². The fourth-order valence-corrected chi connectivity index (χ4v) is 0.953. The van der Waals surface area contributed by atoms with Gasteiger partial charge in [-0.1, -0.05) is 6.07 Å². The summed E-state index contributed by atoms with van der Waals surface area (Å²) in [5.41, 5.74) is 2.85. The lowest BCUT2D eigenvalue weighted by molar-refractivity contribution is 0.977. The van der Waals surface area contributed by atoms with Gasteiger partial charge in [-0.15, -0.1) is 0 Å². The van der Waals surface area contributed by atoms with Crippen molar-refractivity contribution < 1.29 is 0 Å². The van der Waals surface area contributed by atoms with Crippen LogP contribution in [0.15, 0.2) is 28.0 Å². The zero-order valence-corrected chi connectivity index (χ0v) is 7.37. The fraction of sp³-hybridized carbons (Fsp3) is 0.250. The predicted molar refractivity (Wildman–Crippen MR) is 51.5 cm³/mol. The van der Waals surface area contributed by atoms with Crippen LogP contribution >= 0.6 is 0 Å². The van der Waals surface area contributed by atoms with Crippen LogP contribution in [0.25, 0.3) is 0 Å². The highest BCUT2D eigenvalue weighted by Gasteiger charge is 1.99. The molecule has 0 aliphatic heterocycles. The third-order valence-corrected chi connectivity index (χ3v) is 1.48. The van der Waals surface area contributed by atoms with Gasteiger partial charge in [0.05, 0.1) is 5.69 Å². The minimum atomic E-state index is -0.170. The Labute approximate surface area is 75.7 Å². The van der Waals surface area contributed by atoms with Crippen LogP contribution in [-0.2, 0) is 0 Å². The van der Waals surface area contributed by atoms with Crippen LogP contribution in [-0.4, -0.2) is 17.4 Å². The molecule has 5 heteroatoms. The summed E-state index contributed by atoms with van der Waals surface area (Å²) in [5.74, 6) is 5.72. The largest absolute Gasteiger partial charge is 0.319 e. The number of aliphatic imine (C=N–C) groups is 1. The van der Waals surface area contributed by atoms with Gasteiger partial charge in [0, 0.05) is 12.6 Å². The van der Waals surface area contributed by atoms with Crippen LogP contribution < -0.4 is 16.8 Å². The van der Waals surface area contributed by atoms with Gasteiger partial charge in [0.15, 0.2) is 5.84 Å². The van der Waals surface area contributed by atoms with Gasteiger partial charge in [-0.05, 0) is 13.0 Å². The molecule has 1 heterocycles. The van der Waals surface area contributed by atoms with Gasteiger partial charge in [0.2, 0.25) is 5.56 Å². The van der Waals surface area contributed by atoms with Crippen LogP contribution in [0.3, 0.4) is 0 Å². The standard InChI is InChI=1S/C8H12N4O/c1-2-10-8(12-9)6-4-3-5-7(13)11-6/h3-5H,2,9H2,1H3,(H,10,12)(H,11,13). The molecular formula is C8H12N4O. The molecule has 0 atom stereocenters. The number of hydrogen-bond acceptors (Lipinski definition) is 3. The summed E-state index contributed by atoms with van der Waals surface area (Å²) in [4.78, 5) is 17.6. The molecule has 0 unspecified atom stereocenters. The Kier molecular flexibility index (Phi) is 3.22. The van der Waals surface area contributed by atoms with Gasteiger partial charge >= 0.3 is 0 Å². The Bertz CT molecular complexity index is 355. The first-order valence-electron chi connectivity index (χ1n) is 3.98. The molecule has 70 valence electrons. The number of nitrogens with two attached hydrogens (primary N) is 1. The molecule has 0 amide bonds. The van der Waals surface area contributed by atoms with Crippen molar-refractivity contribution in [3.05, 3.63) is 34.2 Å². The predicted octanol–water partition coefficient (Wildman–Crippen LogP) is -0.395. The van der Waals surface area contributed by atoms with E-state index in [0.717, 1.165) is 0 Å². The number of amidine groups is 1. The van der Waals surface area contributed by atoms with Gasteiger partial charge in [0.25, 0.3) is 0 Å². The number of nitrogens with zero attached hydrogens (tertiary/aromatic N) is 1. The van der Waals surface area contributed by atoms with E-state index >= 15 is 0 Å². The number of pyridine rings is 1. The molecule has 0 aromatic carbocycles. The van der Waals surface area contributed by atoms with Gasteiger partial charge in [-0.3, -0.25) is 9.79 Å². The van der Waals surface area contributed by atoms with Crippen molar-refractivity contribution in [3.8, 4) is 0 Å². The van der Waals surface area contributed by atoms with Crippen LogP contribution in [0.5, 0.6) is 0 Å². The first-order chi connectivity index (χ1) is 6.27. The van der Waals surface area contributed by atoms with Crippen LogP contribution in [0, 0.1) is 0 Å². The molecule has 4 N–H and O–H groups in total. The summed E-state index contributed by atoms with van der Waals surface area (Å²) in [6.07, 6.45) is 0. The van der Waals surface area contributed by atoms with E-state index in [1.165, 1.54) is 6.07 Å². The lowest BCUT2D eigenvalue weighted by Crippen LogP contribution is -2.33. The molecule has 0 aliphatic rings. The first kappa shape index (κ1) is 9.47. The summed E-state index contributed by atoms with van der Waals surface area (Å²) in [5, 5.41) is 0. The molecule has 0 aliphatic carbocycles. The average molecular weight is 180 g/mol. The van der Waals surface area contributed by atoms with Gasteiger partial charge in [-0.2, -0.15) is 0 Å². The molecule has 0 saturated carbocycles. The number of nitrogens with one attached hydrogen (secondary N) is 2. The zero-order chi connectivity index (χ0) is 9.68. The second kappa shape index (κ2) is 4.42. The molecule has 0 radical (unpaired) electrons. The number of hydrazine groups is 1. The summed E-state index contributed by atoms with van der Waals surface area (Å²) in [6.45, 7) is 2.49. The van der Waals surface area contributed by atoms with Gasteiger partial charge in [0.1, 0.15) is 0 Å². The van der Waals surface area contributed by atoms with E-state index in [9.17, 15) is 4.79 Å². The summed E-state index contributed by atoms with van der Waals surface area (Å²) in [6, 6.07) is 4.82. The van der Waals surface area contributed by atoms with Gasteiger partial charge in [-0.25, -0.2) is 5.84 Å². The highest BCUT2D eigenvalue weighted by atomic mass is 16.1. The van der Waals surface area contributed by atoms with Crippen LogP contribution in [0.4, 0.5) is 0 Å². The Morgan fingerprint density at radius 3 is 3.00 bits per heavy atom. The van der Waals surface area contributed by atoms with E-state index in [0.29, 0.717) is 18.1 Å². The zero-order valence-electron chi connectivity index (χ0n) is 7.37. The summed E-state index contributed by atoms with van der Waals surface area (Å²) in [7, 11) is 0. The van der Waals surface area contributed by atoms with Gasteiger partial charge < -0.3 is 10.4 Å². The SMILES string of the molecule is CCN=C(NN)c1cccc(=O)[nH]1. The number of aromatic nitrogens is 1. The lowest BCUT2D eigenvalue weighted by atomic mass is 10.3. The second-order valence-electron chi connectivity index (χ2n) is 2.40. The van der Waals surface area contributed by atoms with Crippen molar-refractivity contribution in [1.82, 2.24) is 10.4 Å². The number of rotatable bonds is 2. The van der Waals surface area contributed by atoms with Crippen LogP contribution in [0.1, 0.15) is 12.6 Å². The molecule has 0 fully saturated rings. The average Bonchev–Trinajstić information content (AvgIpc) is 2.14. The van der Waals surface area contributed by atoms with Crippen molar-refractivity contribution >= 4 is 5.84 Å². The Morgan fingerprint density at radius 1 is 1.69 bits per heavy atom. The van der Waals surface area contributed by atoms with E-state index < -0.39 is 0 Å². The molecule has 5 nitrogen and oxygen atoms in total. The molecule has 13 heavy (non-hydrogen) atoms. The third-order valence-electron chi connectivity index (χ3n) is 1.48. The normalized spacial score (nSPS) is 11.4. The van der Waals surface area contributed by atoms with E-state index in [4.69, 9.17) is 5.84 Å². The number of hydrogen-bond donors (Lipinski definition) is 3. The maximum atomic E-state index is 10.9. The minimum Gasteiger partial charge on any atom is -0.319 e. The molecule has 1 aromatic heterocycles. The first-order valence-corrected chi connectivity index (χ1v) is 3.98. The summed E-state index contributed by atoms with van der Waals surface area (Å²) < 4.78 is 0. The quantitative estimate of drug-likeness (QED) is 0.251. The Morgan fingerprint density at radius 2 is 2.46 bits per heavy atom. The maximum Gasteiger partial charge on any atom is 0.248 e. The monoisotopic (exact) mass is 180 g/mol. The van der Waals surface area contributed by atoms with Crippen LogP contribution in [0.2, 0.25) is 0 Å². The van der Waals surface area contributed by atoms with Crippen molar-refractivity contribution in [2.24, 2.45) is 10.8 Å². The molecule has 0 spiro atoms. The minimum absolute atomic E-state index is 0.170. The van der Waals surface area contributed by atoms with Crippen molar-refractivity contribution in [2.75, 3.05) is 6.54 Å². The van der Waals surface area contributed by atoms with E-state index in [-0.39, 0.29) is 5.56 Å². The topological polar surface area (TPSA) is 83.3 Å². The van der Waals surface area contributed by atoms with E-state index in [1.54, 1.807) is 12.1 Å². The Hall–Kier alpha value is -1.62. The number of aromatic amines is 1. The van der Waals surface area contributed by atoms with Crippen molar-refractivity contribution in [2.45, 2.75) is 6.92 Å². The number of H-pyrrole nitrogens is 1. The highest BCUT2D eigenvalue weighted by Crippen LogP contribution is 1.90. The Balaban J connectivity index is 3.05. The molecule has 1 rings (SSSR count). The molecule has 0 bridgehead atoms. The van der Waals surface area contributed by atoms with E-state index in [1.807, 2.05) is 6.92 Å². The van der Waals surface area contributed by atoms with Crippen molar-refractivity contribution in [1.29, 1.82) is 0 Å². The lowest BCUT2D eigenvalue weighted by Gasteiger charge is -2.03.